The molecule has 0 bridgehead atoms. The van der Waals surface area contributed by atoms with Gasteiger partial charge in [0.05, 0.1) is 0 Å². The van der Waals surface area contributed by atoms with Gasteiger partial charge in [0.1, 0.15) is 0 Å². The third kappa shape index (κ3) is 2.68. The number of fused-ring (bicyclic) bond motifs is 1. The highest BCUT2D eigenvalue weighted by Crippen LogP contribution is 2.31. The lowest BCUT2D eigenvalue weighted by Crippen LogP contribution is -2.42. The van der Waals surface area contributed by atoms with Gasteiger partial charge in [0.15, 0.2) is 0 Å². The summed E-state index contributed by atoms with van der Waals surface area (Å²) in [5, 5.41) is 4.43. The normalized spacial score (nSPS) is 28.1. The van der Waals surface area contributed by atoms with E-state index in [2.05, 4.69) is 32.2 Å². The Bertz CT molecular complexity index is 438. The Morgan fingerprint density at radius 2 is 2.17 bits per heavy atom. The minimum absolute atomic E-state index is 0.599. The topological polar surface area (TPSA) is 15.3 Å². The predicted molar refractivity (Wildman–Crippen MR) is 80.4 cm³/mol. The summed E-state index contributed by atoms with van der Waals surface area (Å²) < 4.78 is 1.06. The van der Waals surface area contributed by atoms with E-state index in [1.807, 2.05) is 12.1 Å². The number of hydrogen-bond acceptors (Lipinski definition) is 2. The van der Waals surface area contributed by atoms with E-state index in [9.17, 15) is 0 Å². The Hall–Kier alpha value is -0.250. The number of hydrogen-bond donors (Lipinski definition) is 1. The van der Waals surface area contributed by atoms with Gasteiger partial charge in [0.25, 0.3) is 0 Å². The lowest BCUT2D eigenvalue weighted by atomic mass is 9.97. The van der Waals surface area contributed by atoms with Crippen LogP contribution in [0.2, 0.25) is 5.02 Å². The van der Waals surface area contributed by atoms with Crippen LogP contribution in [0, 0.1) is 0 Å². The fourth-order valence-corrected chi connectivity index (χ4v) is 3.98. The summed E-state index contributed by atoms with van der Waals surface area (Å²) in [5.41, 5.74) is 1.16. The molecule has 18 heavy (non-hydrogen) atoms. The second-order valence-electron chi connectivity index (χ2n) is 5.32. The number of nitrogens with one attached hydrogen (secondary N) is 1. The van der Waals surface area contributed by atoms with Crippen molar-refractivity contribution in [1.29, 1.82) is 0 Å². The number of rotatable bonds is 2. The number of piperidine rings is 1. The first-order valence-electron chi connectivity index (χ1n) is 6.68. The first-order valence-corrected chi connectivity index (χ1v) is 7.85. The van der Waals surface area contributed by atoms with Crippen LogP contribution in [0.1, 0.15) is 25.7 Å². The zero-order valence-electron chi connectivity index (χ0n) is 10.3. The van der Waals surface area contributed by atoms with Crippen LogP contribution in [0.3, 0.4) is 0 Å². The fourth-order valence-electron chi connectivity index (χ4n) is 3.18. The number of benzene rings is 1. The van der Waals surface area contributed by atoms with E-state index < -0.39 is 0 Å². The van der Waals surface area contributed by atoms with Crippen molar-refractivity contribution in [3.8, 4) is 0 Å². The van der Waals surface area contributed by atoms with Crippen LogP contribution < -0.4 is 5.32 Å². The highest BCUT2D eigenvalue weighted by Gasteiger charge is 2.31. The summed E-state index contributed by atoms with van der Waals surface area (Å²) in [6.45, 7) is 2.55. The van der Waals surface area contributed by atoms with Crippen molar-refractivity contribution in [2.75, 3.05) is 18.4 Å². The second-order valence-corrected chi connectivity index (χ2v) is 6.61. The summed E-state index contributed by atoms with van der Waals surface area (Å²) in [5.74, 6) is 0. The van der Waals surface area contributed by atoms with E-state index >= 15 is 0 Å². The monoisotopic (exact) mass is 328 g/mol. The van der Waals surface area contributed by atoms with Gasteiger partial charge in [-0.15, -0.1) is 0 Å². The highest BCUT2D eigenvalue weighted by molar-refractivity contribution is 9.10. The van der Waals surface area contributed by atoms with E-state index in [4.69, 9.17) is 11.6 Å². The van der Waals surface area contributed by atoms with E-state index in [-0.39, 0.29) is 0 Å². The highest BCUT2D eigenvalue weighted by atomic mass is 79.9. The number of nitrogens with zero attached hydrogens (tertiary/aromatic N) is 1. The number of halogens is 2. The zero-order valence-corrected chi connectivity index (χ0v) is 12.7. The van der Waals surface area contributed by atoms with E-state index in [1.165, 1.54) is 38.8 Å². The molecule has 0 spiro atoms. The first kappa shape index (κ1) is 12.8. The molecule has 0 radical (unpaired) electrons. The van der Waals surface area contributed by atoms with E-state index in [0.29, 0.717) is 6.04 Å². The molecular weight excluding hydrogens is 312 g/mol. The molecule has 0 saturated carbocycles. The van der Waals surface area contributed by atoms with Crippen LogP contribution in [0.5, 0.6) is 0 Å². The van der Waals surface area contributed by atoms with Gasteiger partial charge >= 0.3 is 0 Å². The van der Waals surface area contributed by atoms with Crippen molar-refractivity contribution in [3.63, 3.8) is 0 Å². The molecule has 0 aromatic heterocycles. The molecule has 2 fully saturated rings. The average Bonchev–Trinajstić information content (AvgIpc) is 2.80. The molecule has 2 unspecified atom stereocenters. The standard InChI is InChI=1S/C14H18BrClN2/c15-13-8-10(16)3-4-14(13)17-11-5-7-18-6-1-2-12(18)9-11/h3-4,8,11-12,17H,1-2,5-7,9H2. The summed E-state index contributed by atoms with van der Waals surface area (Å²) in [7, 11) is 0. The first-order chi connectivity index (χ1) is 8.72. The van der Waals surface area contributed by atoms with Crippen LogP contribution in [0.4, 0.5) is 5.69 Å². The van der Waals surface area contributed by atoms with Gasteiger partial charge < -0.3 is 10.2 Å². The smallest absolute Gasteiger partial charge is 0.0487 e. The van der Waals surface area contributed by atoms with Gasteiger partial charge in [-0.25, -0.2) is 0 Å². The van der Waals surface area contributed by atoms with Crippen molar-refractivity contribution < 1.29 is 0 Å². The SMILES string of the molecule is Clc1ccc(NC2CCN3CCCC3C2)c(Br)c1. The third-order valence-electron chi connectivity index (χ3n) is 4.11. The Balaban J connectivity index is 1.66. The zero-order chi connectivity index (χ0) is 12.5. The van der Waals surface area contributed by atoms with Gasteiger partial charge in [-0.1, -0.05) is 11.6 Å². The summed E-state index contributed by atoms with van der Waals surface area (Å²) in [6.07, 6.45) is 5.27. The van der Waals surface area contributed by atoms with Gasteiger partial charge in [-0.3, -0.25) is 0 Å². The molecule has 0 amide bonds. The Labute approximate surface area is 122 Å². The van der Waals surface area contributed by atoms with Crippen molar-refractivity contribution in [1.82, 2.24) is 4.90 Å². The predicted octanol–water partition coefficient (Wildman–Crippen LogP) is 4.14. The van der Waals surface area contributed by atoms with Crippen molar-refractivity contribution in [3.05, 3.63) is 27.7 Å². The molecule has 1 N–H and O–H groups in total. The maximum atomic E-state index is 5.97. The molecule has 98 valence electrons. The van der Waals surface area contributed by atoms with Crippen LogP contribution in [0.25, 0.3) is 0 Å². The maximum absolute atomic E-state index is 5.97. The molecule has 2 aliphatic rings. The van der Waals surface area contributed by atoms with Crippen LogP contribution >= 0.6 is 27.5 Å². The molecule has 2 heterocycles. The molecule has 3 rings (SSSR count). The fraction of sp³-hybridized carbons (Fsp3) is 0.571. The van der Waals surface area contributed by atoms with Gasteiger partial charge in [0, 0.05) is 33.8 Å². The third-order valence-corrected chi connectivity index (χ3v) is 5.00. The Morgan fingerprint density at radius 1 is 1.28 bits per heavy atom. The lowest BCUT2D eigenvalue weighted by molar-refractivity contribution is 0.188. The molecule has 2 saturated heterocycles. The van der Waals surface area contributed by atoms with E-state index in [0.717, 1.165) is 21.2 Å². The van der Waals surface area contributed by atoms with Gasteiger partial charge in [-0.05, 0) is 66.4 Å². The molecule has 2 aliphatic heterocycles. The van der Waals surface area contributed by atoms with E-state index in [1.54, 1.807) is 0 Å². The molecule has 2 atom stereocenters. The van der Waals surface area contributed by atoms with Crippen molar-refractivity contribution in [2.24, 2.45) is 0 Å². The summed E-state index contributed by atoms with van der Waals surface area (Å²) in [6, 6.07) is 7.37. The molecular formula is C14H18BrClN2. The number of anilines is 1. The Morgan fingerprint density at radius 3 is 3.00 bits per heavy atom. The molecule has 2 nitrogen and oxygen atoms in total. The molecule has 4 heteroatoms. The average molecular weight is 330 g/mol. The molecule has 0 aliphatic carbocycles. The van der Waals surface area contributed by atoms with Gasteiger partial charge in [-0.2, -0.15) is 0 Å². The molecule has 1 aromatic carbocycles. The van der Waals surface area contributed by atoms with Gasteiger partial charge in [0.2, 0.25) is 0 Å². The quantitative estimate of drug-likeness (QED) is 0.877. The summed E-state index contributed by atoms with van der Waals surface area (Å²) in [4.78, 5) is 2.65. The van der Waals surface area contributed by atoms with Crippen LogP contribution in [-0.4, -0.2) is 30.1 Å². The Kier molecular flexibility index (Phi) is 3.83. The minimum atomic E-state index is 0.599. The van der Waals surface area contributed by atoms with Crippen LogP contribution in [-0.2, 0) is 0 Å². The van der Waals surface area contributed by atoms with Crippen molar-refractivity contribution in [2.45, 2.75) is 37.8 Å². The lowest BCUT2D eigenvalue weighted by Gasteiger charge is -2.35. The van der Waals surface area contributed by atoms with Crippen LogP contribution in [0.15, 0.2) is 22.7 Å². The largest absolute Gasteiger partial charge is 0.381 e. The maximum Gasteiger partial charge on any atom is 0.0487 e. The summed E-state index contributed by atoms with van der Waals surface area (Å²) >= 11 is 9.54. The molecule has 1 aromatic rings. The minimum Gasteiger partial charge on any atom is -0.381 e. The second kappa shape index (κ2) is 5.40. The van der Waals surface area contributed by atoms with Crippen molar-refractivity contribution >= 4 is 33.2 Å².